The van der Waals surface area contributed by atoms with Crippen LogP contribution in [0.25, 0.3) is 0 Å². The number of hydrogen-bond donors (Lipinski definition) is 0. The van der Waals surface area contributed by atoms with Gasteiger partial charge in [-0.05, 0) is 32.6 Å². The second-order valence-corrected chi connectivity index (χ2v) is 6.44. The third kappa shape index (κ3) is 15.5. The van der Waals surface area contributed by atoms with Crippen LogP contribution in [0.5, 0.6) is 0 Å². The molecule has 0 amide bonds. The molecular formula is C19H36O3. The Balaban J connectivity index is 3.61. The van der Waals surface area contributed by atoms with E-state index in [-0.39, 0.29) is 17.9 Å². The summed E-state index contributed by atoms with van der Waals surface area (Å²) >= 11 is 0. The molecule has 22 heavy (non-hydrogen) atoms. The number of Topliss-reactive ketones (excluding diaryl/α,β-unsaturated/α-hetero) is 1. The fourth-order valence-electron chi connectivity index (χ4n) is 2.76. The standard InChI is InChI=1S/C19H36O3/c1-4-5-6-7-8-9-10-11-12-15-19(22-18(3)21)16-13-14-17(2)20/h19H,4-16H2,1-3H3. The summed E-state index contributed by atoms with van der Waals surface area (Å²) < 4.78 is 5.35. The second-order valence-electron chi connectivity index (χ2n) is 6.44. The number of carbonyl (C=O) groups is 2. The maximum atomic E-state index is 11.1. The molecule has 130 valence electrons. The Morgan fingerprint density at radius 1 is 0.773 bits per heavy atom. The number of carbonyl (C=O) groups excluding carboxylic acids is 2. The largest absolute Gasteiger partial charge is 0.463 e. The normalized spacial score (nSPS) is 12.1. The summed E-state index contributed by atoms with van der Waals surface area (Å²) in [7, 11) is 0. The lowest BCUT2D eigenvalue weighted by Gasteiger charge is -2.16. The van der Waals surface area contributed by atoms with Crippen molar-refractivity contribution < 1.29 is 14.3 Å². The molecule has 0 aliphatic heterocycles. The van der Waals surface area contributed by atoms with Crippen molar-refractivity contribution in [3.63, 3.8) is 0 Å². The zero-order chi connectivity index (χ0) is 16.6. The predicted octanol–water partition coefficient (Wildman–Crippen LogP) is 5.60. The van der Waals surface area contributed by atoms with E-state index < -0.39 is 0 Å². The van der Waals surface area contributed by atoms with Crippen LogP contribution in [-0.2, 0) is 14.3 Å². The summed E-state index contributed by atoms with van der Waals surface area (Å²) in [6.45, 7) is 5.32. The third-order valence-electron chi connectivity index (χ3n) is 4.02. The fourth-order valence-corrected chi connectivity index (χ4v) is 2.76. The Kier molecular flexibility index (Phi) is 14.5. The smallest absolute Gasteiger partial charge is 0.302 e. The molecule has 0 spiro atoms. The minimum absolute atomic E-state index is 0.00130. The van der Waals surface area contributed by atoms with Crippen LogP contribution in [0, 0.1) is 0 Å². The minimum atomic E-state index is -0.205. The highest BCUT2D eigenvalue weighted by Crippen LogP contribution is 2.16. The van der Waals surface area contributed by atoms with Crippen molar-refractivity contribution in [3.05, 3.63) is 0 Å². The van der Waals surface area contributed by atoms with Crippen molar-refractivity contribution in [2.45, 2.75) is 110 Å². The molecule has 0 aliphatic carbocycles. The molecule has 0 saturated carbocycles. The first kappa shape index (κ1) is 21.1. The van der Waals surface area contributed by atoms with Crippen molar-refractivity contribution in [1.29, 1.82) is 0 Å². The van der Waals surface area contributed by atoms with E-state index in [1.54, 1.807) is 6.92 Å². The number of hydrogen-bond acceptors (Lipinski definition) is 3. The molecule has 0 bridgehead atoms. The SMILES string of the molecule is CCCCCCCCCCCC(CCCC(C)=O)OC(C)=O. The van der Waals surface area contributed by atoms with Gasteiger partial charge in [0.2, 0.25) is 0 Å². The van der Waals surface area contributed by atoms with Crippen molar-refractivity contribution in [1.82, 2.24) is 0 Å². The second kappa shape index (κ2) is 15.1. The molecule has 3 nitrogen and oxygen atoms in total. The van der Waals surface area contributed by atoms with Gasteiger partial charge in [-0.1, -0.05) is 58.3 Å². The highest BCUT2D eigenvalue weighted by molar-refractivity contribution is 5.75. The number of ketones is 1. The first-order valence-corrected chi connectivity index (χ1v) is 9.23. The van der Waals surface area contributed by atoms with E-state index in [2.05, 4.69) is 6.92 Å². The third-order valence-corrected chi connectivity index (χ3v) is 4.02. The van der Waals surface area contributed by atoms with Gasteiger partial charge in [-0.15, -0.1) is 0 Å². The Hall–Kier alpha value is -0.860. The van der Waals surface area contributed by atoms with Crippen LogP contribution < -0.4 is 0 Å². The average Bonchev–Trinajstić information content (AvgIpc) is 2.44. The summed E-state index contributed by atoms with van der Waals surface area (Å²) in [5.74, 6) is 0.00778. The summed E-state index contributed by atoms with van der Waals surface area (Å²) in [6.07, 6.45) is 14.9. The zero-order valence-electron chi connectivity index (χ0n) is 15.0. The molecule has 0 aromatic heterocycles. The summed E-state index contributed by atoms with van der Waals surface area (Å²) in [4.78, 5) is 22.1. The van der Waals surface area contributed by atoms with E-state index in [0.29, 0.717) is 6.42 Å². The lowest BCUT2D eigenvalue weighted by molar-refractivity contribution is -0.147. The molecule has 0 aromatic carbocycles. The molecule has 0 aliphatic rings. The van der Waals surface area contributed by atoms with Gasteiger partial charge >= 0.3 is 5.97 Å². The highest BCUT2D eigenvalue weighted by Gasteiger charge is 2.12. The van der Waals surface area contributed by atoms with Gasteiger partial charge < -0.3 is 9.53 Å². The number of ether oxygens (including phenoxy) is 1. The lowest BCUT2D eigenvalue weighted by atomic mass is 10.0. The maximum absolute atomic E-state index is 11.1. The summed E-state index contributed by atoms with van der Waals surface area (Å²) in [5, 5.41) is 0. The van der Waals surface area contributed by atoms with Gasteiger partial charge in [0.05, 0.1) is 0 Å². The van der Waals surface area contributed by atoms with Crippen LogP contribution in [0.1, 0.15) is 104 Å². The molecule has 0 N–H and O–H groups in total. The lowest BCUT2D eigenvalue weighted by Crippen LogP contribution is -2.16. The fraction of sp³-hybridized carbons (Fsp3) is 0.895. The van der Waals surface area contributed by atoms with Gasteiger partial charge in [-0.3, -0.25) is 4.79 Å². The monoisotopic (exact) mass is 312 g/mol. The van der Waals surface area contributed by atoms with E-state index in [9.17, 15) is 9.59 Å². The van der Waals surface area contributed by atoms with Crippen LogP contribution in [0.15, 0.2) is 0 Å². The van der Waals surface area contributed by atoms with Crippen molar-refractivity contribution >= 4 is 11.8 Å². The Morgan fingerprint density at radius 3 is 1.77 bits per heavy atom. The molecule has 1 atom stereocenters. The topological polar surface area (TPSA) is 43.4 Å². The van der Waals surface area contributed by atoms with E-state index in [1.807, 2.05) is 0 Å². The van der Waals surface area contributed by atoms with E-state index in [4.69, 9.17) is 4.74 Å². The molecule has 0 saturated heterocycles. The van der Waals surface area contributed by atoms with E-state index in [0.717, 1.165) is 25.7 Å². The Labute approximate surface area is 137 Å². The number of unbranched alkanes of at least 4 members (excludes halogenated alkanes) is 8. The number of rotatable bonds is 15. The van der Waals surface area contributed by atoms with Gasteiger partial charge in [0, 0.05) is 13.3 Å². The van der Waals surface area contributed by atoms with Crippen LogP contribution in [-0.4, -0.2) is 17.9 Å². The van der Waals surface area contributed by atoms with Crippen molar-refractivity contribution in [3.8, 4) is 0 Å². The summed E-state index contributed by atoms with van der Waals surface area (Å²) in [5.41, 5.74) is 0. The van der Waals surface area contributed by atoms with Gasteiger partial charge in [-0.2, -0.15) is 0 Å². The highest BCUT2D eigenvalue weighted by atomic mass is 16.5. The molecule has 0 fully saturated rings. The number of esters is 1. The van der Waals surface area contributed by atoms with Crippen molar-refractivity contribution in [2.24, 2.45) is 0 Å². The van der Waals surface area contributed by atoms with Gasteiger partial charge in [-0.25, -0.2) is 0 Å². The van der Waals surface area contributed by atoms with E-state index in [1.165, 1.54) is 58.3 Å². The Bertz CT molecular complexity index is 286. The van der Waals surface area contributed by atoms with Crippen molar-refractivity contribution in [2.75, 3.05) is 0 Å². The van der Waals surface area contributed by atoms with Crippen LogP contribution in [0.3, 0.4) is 0 Å². The Morgan fingerprint density at radius 2 is 1.27 bits per heavy atom. The van der Waals surface area contributed by atoms with Crippen LogP contribution >= 0.6 is 0 Å². The molecule has 0 aromatic rings. The molecule has 0 rings (SSSR count). The first-order valence-electron chi connectivity index (χ1n) is 9.23. The zero-order valence-corrected chi connectivity index (χ0v) is 15.0. The minimum Gasteiger partial charge on any atom is -0.463 e. The van der Waals surface area contributed by atoms with Gasteiger partial charge in [0.15, 0.2) is 0 Å². The quantitative estimate of drug-likeness (QED) is 0.292. The van der Waals surface area contributed by atoms with Crippen LogP contribution in [0.4, 0.5) is 0 Å². The molecular weight excluding hydrogens is 276 g/mol. The molecule has 0 heterocycles. The summed E-state index contributed by atoms with van der Waals surface area (Å²) in [6, 6.07) is 0. The van der Waals surface area contributed by atoms with Gasteiger partial charge in [0.1, 0.15) is 11.9 Å². The molecule has 1 unspecified atom stereocenters. The molecule has 3 heteroatoms. The first-order chi connectivity index (χ1) is 10.6. The van der Waals surface area contributed by atoms with Gasteiger partial charge in [0.25, 0.3) is 0 Å². The maximum Gasteiger partial charge on any atom is 0.302 e. The van der Waals surface area contributed by atoms with E-state index >= 15 is 0 Å². The molecule has 0 radical (unpaired) electrons. The average molecular weight is 312 g/mol. The predicted molar refractivity (Wildman–Crippen MR) is 91.9 cm³/mol. The van der Waals surface area contributed by atoms with Crippen LogP contribution in [0.2, 0.25) is 0 Å².